The van der Waals surface area contributed by atoms with E-state index < -0.39 is 11.8 Å². The fraction of sp³-hybridized carbons (Fsp3) is 0.290. The van der Waals surface area contributed by atoms with Gasteiger partial charge in [-0.25, -0.2) is 4.68 Å². The van der Waals surface area contributed by atoms with E-state index in [-0.39, 0.29) is 18.0 Å². The molecule has 0 radical (unpaired) electrons. The van der Waals surface area contributed by atoms with Crippen LogP contribution >= 0.6 is 0 Å². The van der Waals surface area contributed by atoms with Crippen molar-refractivity contribution < 1.29 is 14.3 Å². The van der Waals surface area contributed by atoms with E-state index in [1.807, 2.05) is 80.7 Å². The van der Waals surface area contributed by atoms with Gasteiger partial charge in [-0.2, -0.15) is 10.4 Å². The normalized spacial score (nSPS) is 14.9. The van der Waals surface area contributed by atoms with Crippen LogP contribution in [0.25, 0.3) is 23.0 Å². The Morgan fingerprint density at radius 3 is 2.53 bits per heavy atom. The van der Waals surface area contributed by atoms with Gasteiger partial charge in [0.05, 0.1) is 12.3 Å². The Bertz CT molecular complexity index is 1440. The Labute approximate surface area is 223 Å². The molecule has 1 aliphatic rings. The number of nitrogens with zero attached hydrogens (tertiary/aromatic N) is 4. The molecule has 38 heavy (non-hydrogen) atoms. The topological polar surface area (TPSA) is 88.2 Å². The van der Waals surface area contributed by atoms with Crippen molar-refractivity contribution in [1.82, 2.24) is 14.7 Å². The smallest absolute Gasteiger partial charge is 0.271 e. The van der Waals surface area contributed by atoms with Crippen LogP contribution in [0.2, 0.25) is 0 Å². The summed E-state index contributed by atoms with van der Waals surface area (Å²) in [6.45, 7) is 8.49. The highest BCUT2D eigenvalue weighted by Gasteiger charge is 2.36. The minimum atomic E-state index is -0.544. The third kappa shape index (κ3) is 5.60. The molecule has 0 saturated carbocycles. The van der Waals surface area contributed by atoms with E-state index >= 15 is 0 Å². The number of imide groups is 1. The molecule has 2 aromatic carbocycles. The minimum absolute atomic E-state index is 0.0141. The van der Waals surface area contributed by atoms with Gasteiger partial charge in [0.25, 0.3) is 11.8 Å². The van der Waals surface area contributed by atoms with Crippen molar-refractivity contribution in [3.63, 3.8) is 0 Å². The maximum absolute atomic E-state index is 13.5. The van der Waals surface area contributed by atoms with Crippen LogP contribution in [0.15, 0.2) is 77.5 Å². The average molecular weight is 509 g/mol. The Kier molecular flexibility index (Phi) is 8.22. The second-order valence-corrected chi connectivity index (χ2v) is 9.73. The summed E-state index contributed by atoms with van der Waals surface area (Å²) >= 11 is 0. The number of hydrogen-bond acceptors (Lipinski definition) is 5. The molecule has 0 aliphatic carbocycles. The number of hydrogen-bond donors (Lipinski definition) is 0. The van der Waals surface area contributed by atoms with Gasteiger partial charge >= 0.3 is 0 Å². The summed E-state index contributed by atoms with van der Waals surface area (Å²) in [6, 6.07) is 19.4. The van der Waals surface area contributed by atoms with E-state index in [1.54, 1.807) is 17.7 Å². The highest BCUT2D eigenvalue weighted by Crippen LogP contribution is 2.32. The number of unbranched alkanes of at least 4 members (excludes halogenated alkanes) is 1. The second kappa shape index (κ2) is 11.7. The third-order valence-corrected chi connectivity index (χ3v) is 6.31. The number of carbonyl (C=O) groups is 2. The van der Waals surface area contributed by atoms with Crippen LogP contribution < -0.4 is 4.74 Å². The van der Waals surface area contributed by atoms with Gasteiger partial charge in [-0.1, -0.05) is 57.5 Å². The van der Waals surface area contributed by atoms with Gasteiger partial charge < -0.3 is 4.74 Å². The zero-order valence-electron chi connectivity index (χ0n) is 22.3. The number of carbonyl (C=O) groups excluding carboxylic acids is 2. The van der Waals surface area contributed by atoms with Crippen LogP contribution in [-0.2, 0) is 9.59 Å². The molecule has 1 aromatic heterocycles. The molecular weight excluding hydrogens is 476 g/mol. The first-order chi connectivity index (χ1) is 18.3. The summed E-state index contributed by atoms with van der Waals surface area (Å²) in [7, 11) is 0. The predicted molar refractivity (Wildman–Crippen MR) is 147 cm³/mol. The van der Waals surface area contributed by atoms with Crippen molar-refractivity contribution in [3.8, 4) is 28.8 Å². The summed E-state index contributed by atoms with van der Waals surface area (Å²) in [6.07, 6.45) is 5.60. The van der Waals surface area contributed by atoms with Gasteiger partial charge in [-0.15, -0.1) is 0 Å². The lowest BCUT2D eigenvalue weighted by Crippen LogP contribution is -2.44. The van der Waals surface area contributed by atoms with Crippen molar-refractivity contribution in [2.45, 2.75) is 40.5 Å². The van der Waals surface area contributed by atoms with Crippen LogP contribution in [0, 0.1) is 17.2 Å². The van der Waals surface area contributed by atoms with E-state index in [9.17, 15) is 14.9 Å². The van der Waals surface area contributed by atoms with Crippen molar-refractivity contribution in [2.24, 2.45) is 5.92 Å². The summed E-state index contributed by atoms with van der Waals surface area (Å²) in [5.41, 5.74) is 3.72. The van der Waals surface area contributed by atoms with Gasteiger partial charge in [0, 0.05) is 29.4 Å². The van der Waals surface area contributed by atoms with E-state index in [2.05, 4.69) is 6.92 Å². The molecule has 0 unspecified atom stereocenters. The van der Waals surface area contributed by atoms with E-state index in [4.69, 9.17) is 9.84 Å². The first-order valence-electron chi connectivity index (χ1n) is 12.9. The van der Waals surface area contributed by atoms with Gasteiger partial charge in [0.2, 0.25) is 0 Å². The van der Waals surface area contributed by atoms with Gasteiger partial charge in [0.15, 0.2) is 0 Å². The number of rotatable bonds is 9. The zero-order valence-corrected chi connectivity index (χ0v) is 22.3. The Balaban J connectivity index is 1.86. The molecule has 2 heterocycles. The summed E-state index contributed by atoms with van der Waals surface area (Å²) in [5, 5.41) is 14.6. The van der Waals surface area contributed by atoms with E-state index in [0.29, 0.717) is 29.0 Å². The lowest BCUT2D eigenvalue weighted by molar-refractivity contribution is -0.141. The fourth-order valence-electron chi connectivity index (χ4n) is 4.31. The molecule has 7 heteroatoms. The monoisotopic (exact) mass is 508 g/mol. The van der Waals surface area contributed by atoms with E-state index in [1.165, 1.54) is 4.90 Å². The molecule has 194 valence electrons. The quantitative estimate of drug-likeness (QED) is 0.202. The Morgan fingerprint density at radius 1 is 1.08 bits per heavy atom. The van der Waals surface area contributed by atoms with E-state index in [0.717, 1.165) is 29.8 Å². The second-order valence-electron chi connectivity index (χ2n) is 9.73. The largest absolute Gasteiger partial charge is 0.494 e. The molecule has 3 aromatic rings. The number of benzene rings is 2. The highest BCUT2D eigenvalue weighted by molar-refractivity contribution is 6.19. The number of para-hydroxylation sites is 1. The summed E-state index contributed by atoms with van der Waals surface area (Å²) < 4.78 is 7.69. The number of nitriles is 1. The molecule has 1 aliphatic heterocycles. The van der Waals surface area contributed by atoms with Gasteiger partial charge in [-0.05, 0) is 55.2 Å². The average Bonchev–Trinajstić information content (AvgIpc) is 3.34. The molecule has 2 amide bonds. The van der Waals surface area contributed by atoms with Gasteiger partial charge in [0.1, 0.15) is 23.1 Å². The van der Waals surface area contributed by atoms with Crippen molar-refractivity contribution in [1.29, 1.82) is 5.26 Å². The lowest BCUT2D eigenvalue weighted by Gasteiger charge is -2.28. The van der Waals surface area contributed by atoms with Gasteiger partial charge in [-0.3, -0.25) is 14.5 Å². The number of aromatic nitrogens is 2. The van der Waals surface area contributed by atoms with Crippen molar-refractivity contribution >= 4 is 17.9 Å². The fourth-order valence-corrected chi connectivity index (χ4v) is 4.31. The number of ether oxygens (including phenoxy) is 1. The minimum Gasteiger partial charge on any atom is -0.494 e. The molecular formula is C31H32N4O3. The van der Waals surface area contributed by atoms with Crippen LogP contribution in [0.1, 0.15) is 46.1 Å². The predicted octanol–water partition coefficient (Wildman–Crippen LogP) is 5.97. The molecule has 7 nitrogen and oxygen atoms in total. The molecule has 0 atom stereocenters. The Hall–Kier alpha value is -4.44. The van der Waals surface area contributed by atoms with Crippen LogP contribution in [0.3, 0.4) is 0 Å². The summed E-state index contributed by atoms with van der Waals surface area (Å²) in [5.74, 6) is -0.142. The zero-order chi connectivity index (χ0) is 27.2. The van der Waals surface area contributed by atoms with Crippen LogP contribution in [-0.4, -0.2) is 39.6 Å². The molecule has 0 N–H and O–H groups in total. The molecule has 4 rings (SSSR count). The Morgan fingerprint density at radius 2 is 1.84 bits per heavy atom. The van der Waals surface area contributed by atoms with Crippen molar-refractivity contribution in [3.05, 3.63) is 83.1 Å². The maximum atomic E-state index is 13.5. The number of amides is 2. The lowest BCUT2D eigenvalue weighted by atomic mass is 9.92. The standard InChI is InChI=1S/C31H32N4O3/c1-5-6-15-38-26-14-10-11-23(16-26)29-24(20-35(33-29)25-12-8-7-9-13-25)17-27-22(4)28(18-32)31(37)34(30(27)36)19-21(2)3/h7-14,16-17,20-21H,5-6,15,19H2,1-4H3/b27-17+. The SMILES string of the molecule is CCCCOc1cccc(-c2nn(-c3ccccc3)cc2/C=C2/C(=O)N(CC(C)C)C(=O)C(C#N)=C2C)c1. The first kappa shape index (κ1) is 26.6. The summed E-state index contributed by atoms with van der Waals surface area (Å²) in [4.78, 5) is 27.6. The molecule has 0 fully saturated rings. The first-order valence-corrected chi connectivity index (χ1v) is 12.9. The molecule has 0 saturated heterocycles. The molecule has 0 bridgehead atoms. The van der Waals surface area contributed by atoms with Crippen LogP contribution in [0.4, 0.5) is 0 Å². The molecule has 0 spiro atoms. The van der Waals surface area contributed by atoms with Crippen LogP contribution in [0.5, 0.6) is 5.75 Å². The maximum Gasteiger partial charge on any atom is 0.271 e. The third-order valence-electron chi connectivity index (χ3n) is 6.31. The highest BCUT2D eigenvalue weighted by atomic mass is 16.5. The van der Waals surface area contributed by atoms with Crippen molar-refractivity contribution in [2.75, 3.05) is 13.2 Å².